The van der Waals surface area contributed by atoms with Crippen molar-refractivity contribution in [2.24, 2.45) is 7.05 Å². The fourth-order valence-electron chi connectivity index (χ4n) is 2.14. The van der Waals surface area contributed by atoms with Gasteiger partial charge in [0.05, 0.1) is 11.6 Å². The summed E-state index contributed by atoms with van der Waals surface area (Å²) in [7, 11) is 1.62. The molecule has 0 spiro atoms. The van der Waals surface area contributed by atoms with Gasteiger partial charge in [0.15, 0.2) is 5.58 Å². The normalized spacial score (nSPS) is 12.7. The van der Waals surface area contributed by atoms with Gasteiger partial charge < -0.3 is 14.6 Å². The summed E-state index contributed by atoms with van der Waals surface area (Å²) in [6, 6.07) is 5.13. The molecule has 2 N–H and O–H groups in total. The molecule has 1 unspecified atom stereocenters. The highest BCUT2D eigenvalue weighted by molar-refractivity contribution is 5.73. The Kier molecular flexibility index (Phi) is 4.24. The molecule has 1 aromatic carbocycles. The number of unbranched alkanes of at least 4 members (excludes halogenated alkanes) is 1. The van der Waals surface area contributed by atoms with Gasteiger partial charge >= 0.3 is 11.7 Å². The van der Waals surface area contributed by atoms with Crippen LogP contribution in [0.15, 0.2) is 27.4 Å². The van der Waals surface area contributed by atoms with E-state index in [0.29, 0.717) is 35.9 Å². The van der Waals surface area contributed by atoms with Crippen LogP contribution in [0.3, 0.4) is 0 Å². The van der Waals surface area contributed by atoms with Crippen LogP contribution < -0.4 is 5.76 Å². The molecule has 0 saturated heterocycles. The minimum atomic E-state index is -0.827. The van der Waals surface area contributed by atoms with Crippen LogP contribution >= 0.6 is 0 Å². The van der Waals surface area contributed by atoms with Crippen LogP contribution in [0.5, 0.6) is 0 Å². The summed E-state index contributed by atoms with van der Waals surface area (Å²) in [5.41, 5.74) is 1.79. The number of aliphatic hydroxyl groups excluding tert-OH is 1. The van der Waals surface area contributed by atoms with Crippen LogP contribution in [0.2, 0.25) is 0 Å². The van der Waals surface area contributed by atoms with Gasteiger partial charge in [-0.05, 0) is 37.0 Å². The van der Waals surface area contributed by atoms with Crippen molar-refractivity contribution in [3.8, 4) is 0 Å². The number of hydrogen-bond acceptors (Lipinski definition) is 4. The van der Waals surface area contributed by atoms with E-state index in [2.05, 4.69) is 0 Å². The first-order chi connectivity index (χ1) is 9.49. The maximum Gasteiger partial charge on any atom is 0.419 e. The Bertz CT molecular complexity index is 670. The summed E-state index contributed by atoms with van der Waals surface area (Å²) in [6.07, 6.45) is 1.08. The van der Waals surface area contributed by atoms with Crippen molar-refractivity contribution < 1.29 is 19.4 Å². The molecule has 1 aromatic heterocycles. The summed E-state index contributed by atoms with van der Waals surface area (Å²) in [5, 5.41) is 18.6. The summed E-state index contributed by atoms with van der Waals surface area (Å²) in [5.74, 6) is -1.26. The molecule has 1 atom stereocenters. The van der Waals surface area contributed by atoms with Crippen LogP contribution in [0.1, 0.15) is 37.4 Å². The van der Waals surface area contributed by atoms with Crippen LogP contribution in [0, 0.1) is 0 Å². The first kappa shape index (κ1) is 14.3. The average Bonchev–Trinajstić information content (AvgIpc) is 2.69. The van der Waals surface area contributed by atoms with Gasteiger partial charge in [-0.25, -0.2) is 4.79 Å². The Morgan fingerprint density at radius 1 is 1.40 bits per heavy atom. The second-order valence-corrected chi connectivity index (χ2v) is 4.81. The largest absolute Gasteiger partial charge is 0.481 e. The monoisotopic (exact) mass is 279 g/mol. The Morgan fingerprint density at radius 2 is 2.15 bits per heavy atom. The number of aliphatic hydroxyl groups is 1. The average molecular weight is 279 g/mol. The van der Waals surface area contributed by atoms with E-state index in [0.717, 1.165) is 0 Å². The first-order valence-electron chi connectivity index (χ1n) is 6.48. The number of fused-ring (bicyclic) bond motifs is 1. The van der Waals surface area contributed by atoms with E-state index in [1.807, 2.05) is 0 Å². The van der Waals surface area contributed by atoms with Crippen molar-refractivity contribution in [2.45, 2.75) is 31.8 Å². The number of hydrogen-bond donors (Lipinski definition) is 2. The molecule has 6 nitrogen and oxygen atoms in total. The Hall–Kier alpha value is -2.08. The van der Waals surface area contributed by atoms with E-state index in [1.54, 1.807) is 25.2 Å². The van der Waals surface area contributed by atoms with Crippen molar-refractivity contribution in [1.29, 1.82) is 0 Å². The molecule has 0 aliphatic rings. The lowest BCUT2D eigenvalue weighted by Gasteiger charge is -2.10. The quantitative estimate of drug-likeness (QED) is 0.787. The van der Waals surface area contributed by atoms with Gasteiger partial charge in [0.2, 0.25) is 0 Å². The van der Waals surface area contributed by atoms with E-state index < -0.39 is 17.8 Å². The van der Waals surface area contributed by atoms with E-state index >= 15 is 0 Å². The number of carboxylic acid groups (broad SMARTS) is 1. The molecule has 0 aliphatic heterocycles. The number of aliphatic carboxylic acids is 1. The molecule has 6 heteroatoms. The van der Waals surface area contributed by atoms with Crippen LogP contribution in [-0.4, -0.2) is 20.7 Å². The van der Waals surface area contributed by atoms with Gasteiger partial charge in [-0.3, -0.25) is 9.36 Å². The molecular weight excluding hydrogens is 262 g/mol. The predicted octanol–water partition coefficient (Wildman–Crippen LogP) is 1.81. The zero-order chi connectivity index (χ0) is 14.7. The molecule has 1 heterocycles. The number of oxazole rings is 1. The second kappa shape index (κ2) is 5.92. The molecule has 20 heavy (non-hydrogen) atoms. The van der Waals surface area contributed by atoms with E-state index in [4.69, 9.17) is 9.52 Å². The molecular formula is C14H17NO5. The van der Waals surface area contributed by atoms with Gasteiger partial charge in [-0.15, -0.1) is 0 Å². The first-order valence-corrected chi connectivity index (χ1v) is 6.48. The fraction of sp³-hybridized carbons (Fsp3) is 0.429. The van der Waals surface area contributed by atoms with Crippen LogP contribution in [0.4, 0.5) is 0 Å². The van der Waals surface area contributed by atoms with Gasteiger partial charge in [0.25, 0.3) is 0 Å². The fourth-order valence-corrected chi connectivity index (χ4v) is 2.14. The topological polar surface area (TPSA) is 92.7 Å². The zero-order valence-corrected chi connectivity index (χ0v) is 11.2. The van der Waals surface area contributed by atoms with Crippen molar-refractivity contribution in [2.75, 3.05) is 0 Å². The highest BCUT2D eigenvalue weighted by Gasteiger charge is 2.12. The molecule has 0 aliphatic carbocycles. The molecule has 0 saturated carbocycles. The Labute approximate surface area is 115 Å². The molecule has 0 radical (unpaired) electrons. The molecule has 2 rings (SSSR count). The van der Waals surface area contributed by atoms with Gasteiger partial charge in [-0.2, -0.15) is 0 Å². The minimum absolute atomic E-state index is 0.110. The lowest BCUT2D eigenvalue weighted by Crippen LogP contribution is -2.08. The summed E-state index contributed by atoms with van der Waals surface area (Å²) >= 11 is 0. The number of rotatable bonds is 6. The lowest BCUT2D eigenvalue weighted by atomic mass is 10.0. The highest BCUT2D eigenvalue weighted by Crippen LogP contribution is 2.23. The number of carbonyl (C=O) groups is 1. The molecule has 0 fully saturated rings. The van der Waals surface area contributed by atoms with Gasteiger partial charge in [-0.1, -0.05) is 6.07 Å². The number of benzene rings is 1. The van der Waals surface area contributed by atoms with Crippen LogP contribution in [-0.2, 0) is 11.8 Å². The predicted molar refractivity (Wildman–Crippen MR) is 72.5 cm³/mol. The summed E-state index contributed by atoms with van der Waals surface area (Å²) < 4.78 is 6.47. The van der Waals surface area contributed by atoms with Crippen molar-refractivity contribution in [3.05, 3.63) is 34.3 Å². The third kappa shape index (κ3) is 3.08. The minimum Gasteiger partial charge on any atom is -0.481 e. The number of aromatic nitrogens is 1. The van der Waals surface area contributed by atoms with Gasteiger partial charge in [0.1, 0.15) is 0 Å². The SMILES string of the molecule is Cn1c(=O)oc2cc(C(O)CCCCC(=O)O)ccc21. The third-order valence-corrected chi connectivity index (χ3v) is 3.32. The number of aryl methyl sites for hydroxylation is 1. The van der Waals surface area contributed by atoms with E-state index in [9.17, 15) is 14.7 Å². The maximum absolute atomic E-state index is 11.4. The van der Waals surface area contributed by atoms with Crippen molar-refractivity contribution >= 4 is 17.1 Å². The number of carboxylic acids is 1. The standard InChI is InChI=1S/C14H17NO5/c1-15-10-7-6-9(8-12(10)20-14(15)19)11(16)4-2-3-5-13(17)18/h6-8,11,16H,2-5H2,1H3,(H,17,18). The second-order valence-electron chi connectivity index (χ2n) is 4.81. The Balaban J connectivity index is 2.05. The molecule has 0 amide bonds. The van der Waals surface area contributed by atoms with E-state index in [-0.39, 0.29) is 6.42 Å². The van der Waals surface area contributed by atoms with Crippen molar-refractivity contribution in [1.82, 2.24) is 4.57 Å². The van der Waals surface area contributed by atoms with Gasteiger partial charge in [0, 0.05) is 13.5 Å². The molecule has 108 valence electrons. The van der Waals surface area contributed by atoms with E-state index in [1.165, 1.54) is 4.57 Å². The molecule has 2 aromatic rings. The third-order valence-electron chi connectivity index (χ3n) is 3.32. The lowest BCUT2D eigenvalue weighted by molar-refractivity contribution is -0.137. The zero-order valence-electron chi connectivity index (χ0n) is 11.2. The van der Waals surface area contributed by atoms with Crippen LogP contribution in [0.25, 0.3) is 11.1 Å². The van der Waals surface area contributed by atoms with Crippen molar-refractivity contribution in [3.63, 3.8) is 0 Å². The smallest absolute Gasteiger partial charge is 0.419 e. The highest BCUT2D eigenvalue weighted by atomic mass is 16.4. The maximum atomic E-state index is 11.4. The summed E-state index contributed by atoms with van der Waals surface area (Å²) in [6.45, 7) is 0. The Morgan fingerprint density at radius 3 is 2.85 bits per heavy atom. The number of nitrogens with zero attached hydrogens (tertiary/aromatic N) is 1. The molecule has 0 bridgehead atoms. The summed E-state index contributed by atoms with van der Waals surface area (Å²) in [4.78, 5) is 21.8.